The first-order valence-electron chi connectivity index (χ1n) is 6.07. The van der Waals surface area contributed by atoms with Gasteiger partial charge in [0.05, 0.1) is 19.0 Å². The van der Waals surface area contributed by atoms with Crippen LogP contribution in [0.4, 0.5) is 11.4 Å². The van der Waals surface area contributed by atoms with E-state index in [-0.39, 0.29) is 5.97 Å². The van der Waals surface area contributed by atoms with Crippen molar-refractivity contribution in [3.63, 3.8) is 0 Å². The van der Waals surface area contributed by atoms with Gasteiger partial charge >= 0.3 is 5.97 Å². The van der Waals surface area contributed by atoms with Crippen LogP contribution in [0.3, 0.4) is 0 Å². The monoisotopic (exact) mass is 259 g/mol. The van der Waals surface area contributed by atoms with Crippen LogP contribution in [0.5, 0.6) is 0 Å². The van der Waals surface area contributed by atoms with E-state index in [2.05, 4.69) is 15.0 Å². The standard InChI is InChI=1S/C14H17N3O2/c1-9-7-13(16-6-5-14(18)19-2)11-8-10(15)3-4-12(11)17-9/h3-4,7-8H,5-6,15H2,1-2H3,(H,16,17). The van der Waals surface area contributed by atoms with Gasteiger partial charge in [0.15, 0.2) is 0 Å². The number of aromatic nitrogens is 1. The van der Waals surface area contributed by atoms with E-state index < -0.39 is 0 Å². The number of benzene rings is 1. The highest BCUT2D eigenvalue weighted by Crippen LogP contribution is 2.25. The lowest BCUT2D eigenvalue weighted by molar-refractivity contribution is -0.140. The summed E-state index contributed by atoms with van der Waals surface area (Å²) in [5.74, 6) is -0.234. The molecular formula is C14H17N3O2. The van der Waals surface area contributed by atoms with Gasteiger partial charge in [-0.25, -0.2) is 0 Å². The summed E-state index contributed by atoms with van der Waals surface area (Å²) >= 11 is 0. The number of pyridine rings is 1. The van der Waals surface area contributed by atoms with Crippen LogP contribution in [0, 0.1) is 6.92 Å². The van der Waals surface area contributed by atoms with Gasteiger partial charge in [0, 0.05) is 29.0 Å². The maximum Gasteiger partial charge on any atom is 0.307 e. The number of anilines is 2. The van der Waals surface area contributed by atoms with Crippen molar-refractivity contribution in [2.45, 2.75) is 13.3 Å². The predicted octanol–water partition coefficient (Wildman–Crippen LogP) is 2.10. The normalized spacial score (nSPS) is 10.4. The fraction of sp³-hybridized carbons (Fsp3) is 0.286. The van der Waals surface area contributed by atoms with Gasteiger partial charge < -0.3 is 15.8 Å². The summed E-state index contributed by atoms with van der Waals surface area (Å²) in [6.45, 7) is 2.45. The molecule has 0 atom stereocenters. The number of carbonyl (C=O) groups excluding carboxylic acids is 1. The summed E-state index contributed by atoms with van der Waals surface area (Å²) in [5, 5.41) is 4.18. The number of nitrogen functional groups attached to an aromatic ring is 1. The van der Waals surface area contributed by atoms with Gasteiger partial charge in [0.25, 0.3) is 0 Å². The molecule has 0 radical (unpaired) electrons. The van der Waals surface area contributed by atoms with Crippen LogP contribution in [-0.4, -0.2) is 24.6 Å². The van der Waals surface area contributed by atoms with Crippen molar-refractivity contribution in [2.75, 3.05) is 24.7 Å². The molecule has 1 aromatic heterocycles. The lowest BCUT2D eigenvalue weighted by atomic mass is 10.1. The quantitative estimate of drug-likeness (QED) is 0.649. The topological polar surface area (TPSA) is 77.2 Å². The Bertz CT molecular complexity index is 611. The minimum atomic E-state index is -0.234. The predicted molar refractivity (Wildman–Crippen MR) is 76.0 cm³/mol. The van der Waals surface area contributed by atoms with E-state index >= 15 is 0 Å². The minimum Gasteiger partial charge on any atom is -0.469 e. The number of esters is 1. The van der Waals surface area contributed by atoms with E-state index in [0.29, 0.717) is 18.7 Å². The fourth-order valence-corrected chi connectivity index (χ4v) is 1.92. The lowest BCUT2D eigenvalue weighted by Crippen LogP contribution is -2.10. The van der Waals surface area contributed by atoms with Gasteiger partial charge in [0.1, 0.15) is 0 Å². The molecule has 0 bridgehead atoms. The number of ether oxygens (including phenoxy) is 1. The maximum absolute atomic E-state index is 11.1. The second-order valence-corrected chi connectivity index (χ2v) is 4.34. The highest BCUT2D eigenvalue weighted by molar-refractivity contribution is 5.93. The Morgan fingerprint density at radius 1 is 1.42 bits per heavy atom. The number of nitrogens with zero attached hydrogens (tertiary/aromatic N) is 1. The molecule has 0 spiro atoms. The molecule has 0 saturated carbocycles. The molecule has 100 valence electrons. The fourth-order valence-electron chi connectivity index (χ4n) is 1.92. The number of methoxy groups -OCH3 is 1. The molecule has 2 rings (SSSR count). The van der Waals surface area contributed by atoms with Gasteiger partial charge in [0.2, 0.25) is 0 Å². The van der Waals surface area contributed by atoms with Crippen LogP contribution in [-0.2, 0) is 9.53 Å². The molecule has 0 aliphatic carbocycles. The van der Waals surface area contributed by atoms with Crippen LogP contribution in [0.1, 0.15) is 12.1 Å². The lowest BCUT2D eigenvalue weighted by Gasteiger charge is -2.10. The zero-order valence-electron chi connectivity index (χ0n) is 11.1. The van der Waals surface area contributed by atoms with E-state index in [4.69, 9.17) is 5.73 Å². The summed E-state index contributed by atoms with van der Waals surface area (Å²) < 4.78 is 4.61. The molecule has 1 aromatic carbocycles. The molecule has 19 heavy (non-hydrogen) atoms. The number of nitrogens with one attached hydrogen (secondary N) is 1. The van der Waals surface area contributed by atoms with Crippen molar-refractivity contribution < 1.29 is 9.53 Å². The van der Waals surface area contributed by atoms with E-state index in [0.717, 1.165) is 22.3 Å². The van der Waals surface area contributed by atoms with Crippen LogP contribution in [0.2, 0.25) is 0 Å². The molecule has 1 heterocycles. The Balaban J connectivity index is 2.25. The van der Waals surface area contributed by atoms with Crippen molar-refractivity contribution in [2.24, 2.45) is 0 Å². The van der Waals surface area contributed by atoms with Crippen LogP contribution >= 0.6 is 0 Å². The third kappa shape index (κ3) is 3.13. The molecule has 5 nitrogen and oxygen atoms in total. The second-order valence-electron chi connectivity index (χ2n) is 4.34. The smallest absolute Gasteiger partial charge is 0.307 e. The first-order chi connectivity index (χ1) is 9.10. The zero-order valence-corrected chi connectivity index (χ0v) is 11.1. The highest BCUT2D eigenvalue weighted by atomic mass is 16.5. The summed E-state index contributed by atoms with van der Waals surface area (Å²) in [4.78, 5) is 15.5. The molecule has 5 heteroatoms. The van der Waals surface area contributed by atoms with E-state index in [1.165, 1.54) is 7.11 Å². The van der Waals surface area contributed by atoms with Crippen LogP contribution in [0.25, 0.3) is 10.9 Å². The number of rotatable bonds is 4. The number of aryl methyl sites for hydroxylation is 1. The summed E-state index contributed by atoms with van der Waals surface area (Å²) in [6.07, 6.45) is 0.321. The van der Waals surface area contributed by atoms with Crippen molar-refractivity contribution >= 4 is 28.2 Å². The Morgan fingerprint density at radius 3 is 2.95 bits per heavy atom. The molecule has 0 unspecified atom stereocenters. The molecule has 2 aromatic rings. The van der Waals surface area contributed by atoms with Crippen molar-refractivity contribution in [1.29, 1.82) is 0 Å². The molecule has 0 fully saturated rings. The minimum absolute atomic E-state index is 0.234. The van der Waals surface area contributed by atoms with Crippen LogP contribution < -0.4 is 11.1 Å². The largest absolute Gasteiger partial charge is 0.469 e. The van der Waals surface area contributed by atoms with Gasteiger partial charge in [-0.3, -0.25) is 9.78 Å². The molecule has 3 N–H and O–H groups in total. The number of hydrogen-bond donors (Lipinski definition) is 2. The maximum atomic E-state index is 11.1. The van der Waals surface area contributed by atoms with Crippen molar-refractivity contribution in [3.05, 3.63) is 30.0 Å². The average molecular weight is 259 g/mol. The Kier molecular flexibility index (Phi) is 3.85. The third-order valence-electron chi connectivity index (χ3n) is 2.83. The zero-order chi connectivity index (χ0) is 13.8. The second kappa shape index (κ2) is 5.56. The first-order valence-corrected chi connectivity index (χ1v) is 6.07. The Morgan fingerprint density at radius 2 is 2.21 bits per heavy atom. The number of carbonyl (C=O) groups is 1. The average Bonchev–Trinajstić information content (AvgIpc) is 2.39. The van der Waals surface area contributed by atoms with Crippen LogP contribution in [0.15, 0.2) is 24.3 Å². The Hall–Kier alpha value is -2.30. The van der Waals surface area contributed by atoms with Gasteiger partial charge in [-0.2, -0.15) is 0 Å². The van der Waals surface area contributed by atoms with E-state index in [1.807, 2.05) is 31.2 Å². The number of fused-ring (bicyclic) bond motifs is 1. The van der Waals surface area contributed by atoms with Crippen molar-refractivity contribution in [1.82, 2.24) is 4.98 Å². The molecule has 0 saturated heterocycles. The summed E-state index contributed by atoms with van der Waals surface area (Å²) in [6, 6.07) is 7.54. The van der Waals surface area contributed by atoms with Gasteiger partial charge in [-0.1, -0.05) is 0 Å². The SMILES string of the molecule is COC(=O)CCNc1cc(C)nc2ccc(N)cc12. The van der Waals surface area contributed by atoms with E-state index in [1.54, 1.807) is 0 Å². The van der Waals surface area contributed by atoms with Crippen molar-refractivity contribution in [3.8, 4) is 0 Å². The molecule has 0 aliphatic heterocycles. The summed E-state index contributed by atoms with van der Waals surface area (Å²) in [7, 11) is 1.38. The van der Waals surface area contributed by atoms with E-state index in [9.17, 15) is 4.79 Å². The molecule has 0 amide bonds. The molecule has 0 aliphatic rings. The Labute approximate surface area is 111 Å². The summed E-state index contributed by atoms with van der Waals surface area (Å²) in [5.41, 5.74) is 9.22. The number of hydrogen-bond acceptors (Lipinski definition) is 5. The third-order valence-corrected chi connectivity index (χ3v) is 2.83. The highest BCUT2D eigenvalue weighted by Gasteiger charge is 2.05. The van der Waals surface area contributed by atoms with Gasteiger partial charge in [-0.05, 0) is 31.2 Å². The van der Waals surface area contributed by atoms with Gasteiger partial charge in [-0.15, -0.1) is 0 Å². The number of nitrogens with two attached hydrogens (primary N) is 1. The first kappa shape index (κ1) is 13.1. The molecular weight excluding hydrogens is 242 g/mol.